The van der Waals surface area contributed by atoms with Gasteiger partial charge in [0.15, 0.2) is 8.32 Å². The number of rotatable bonds is 4. The highest BCUT2D eigenvalue weighted by Gasteiger charge is 2.30. The Morgan fingerprint density at radius 3 is 1.61 bits per heavy atom. The first kappa shape index (κ1) is 19.4. The standard InChI is InChI=1S/C16H15Cl5OSi/c1-23(2,3)22-16(9-7-5-4-6-8-9)10-11(17)13(19)15(21)14(20)12(10)18/h4-8,16H,1-3H3/t16-/m1/s1. The fourth-order valence-electron chi connectivity index (χ4n) is 2.13. The molecule has 2 aromatic carbocycles. The largest absolute Gasteiger partial charge is 0.407 e. The lowest BCUT2D eigenvalue weighted by Crippen LogP contribution is -2.28. The molecule has 1 nitrogen and oxygen atoms in total. The van der Waals surface area contributed by atoms with E-state index in [1.54, 1.807) is 0 Å². The maximum absolute atomic E-state index is 6.43. The van der Waals surface area contributed by atoms with Crippen molar-refractivity contribution in [1.82, 2.24) is 0 Å². The first-order valence-corrected chi connectivity index (χ1v) is 12.2. The Morgan fingerprint density at radius 2 is 1.17 bits per heavy atom. The third-order valence-corrected chi connectivity index (χ3v) is 6.33. The van der Waals surface area contributed by atoms with Crippen molar-refractivity contribution in [3.05, 3.63) is 66.6 Å². The van der Waals surface area contributed by atoms with Crippen LogP contribution < -0.4 is 0 Å². The summed E-state index contributed by atoms with van der Waals surface area (Å²) in [5.41, 5.74) is 1.47. The van der Waals surface area contributed by atoms with Crippen LogP contribution in [0.2, 0.25) is 44.8 Å². The second-order valence-corrected chi connectivity index (χ2v) is 12.4. The fourth-order valence-corrected chi connectivity index (χ4v) is 4.44. The van der Waals surface area contributed by atoms with E-state index in [-0.39, 0.29) is 25.1 Å². The molecule has 23 heavy (non-hydrogen) atoms. The maximum Gasteiger partial charge on any atom is 0.185 e. The molecule has 2 rings (SSSR count). The minimum atomic E-state index is -1.92. The molecule has 0 saturated heterocycles. The zero-order valence-corrected chi connectivity index (χ0v) is 17.5. The molecule has 0 aromatic heterocycles. The summed E-state index contributed by atoms with van der Waals surface area (Å²) >= 11 is 31.4. The van der Waals surface area contributed by atoms with E-state index in [0.717, 1.165) is 5.56 Å². The molecule has 0 radical (unpaired) electrons. The van der Waals surface area contributed by atoms with Crippen molar-refractivity contribution < 1.29 is 4.43 Å². The van der Waals surface area contributed by atoms with Gasteiger partial charge in [-0.3, -0.25) is 0 Å². The lowest BCUT2D eigenvalue weighted by Gasteiger charge is -2.29. The van der Waals surface area contributed by atoms with Gasteiger partial charge in [-0.1, -0.05) is 88.3 Å². The van der Waals surface area contributed by atoms with Gasteiger partial charge in [0.1, 0.15) is 0 Å². The highest BCUT2D eigenvalue weighted by atomic mass is 35.5. The molecule has 0 amide bonds. The Hall–Kier alpha value is 0.0669. The Kier molecular flexibility index (Phi) is 6.35. The lowest BCUT2D eigenvalue weighted by atomic mass is 10.0. The minimum absolute atomic E-state index is 0.145. The molecule has 0 spiro atoms. The summed E-state index contributed by atoms with van der Waals surface area (Å²) in [7, 11) is -1.92. The first-order valence-electron chi connectivity index (χ1n) is 6.87. The SMILES string of the molecule is C[Si](C)(C)O[C@H](c1ccccc1)c1c(Cl)c(Cl)c(Cl)c(Cl)c1Cl. The summed E-state index contributed by atoms with van der Waals surface area (Å²) in [5.74, 6) is 0. The van der Waals surface area contributed by atoms with Crippen LogP contribution in [0.5, 0.6) is 0 Å². The minimum Gasteiger partial charge on any atom is -0.407 e. The molecular formula is C16H15Cl5OSi. The number of hydrogen-bond acceptors (Lipinski definition) is 1. The van der Waals surface area contributed by atoms with E-state index in [2.05, 4.69) is 19.6 Å². The van der Waals surface area contributed by atoms with Gasteiger partial charge in [0.2, 0.25) is 0 Å². The van der Waals surface area contributed by atoms with Gasteiger partial charge in [0.05, 0.1) is 31.2 Å². The molecule has 0 aliphatic carbocycles. The van der Waals surface area contributed by atoms with E-state index in [1.165, 1.54) is 0 Å². The van der Waals surface area contributed by atoms with Crippen LogP contribution >= 0.6 is 58.0 Å². The van der Waals surface area contributed by atoms with Gasteiger partial charge in [0, 0.05) is 5.56 Å². The normalized spacial score (nSPS) is 13.2. The Morgan fingerprint density at radius 1 is 0.739 bits per heavy atom. The molecule has 0 bridgehead atoms. The molecule has 1 atom stereocenters. The van der Waals surface area contributed by atoms with Crippen LogP contribution in [0, 0.1) is 0 Å². The second-order valence-electron chi connectivity index (χ2n) is 6.00. The predicted octanol–water partition coefficient (Wildman–Crippen LogP) is 7.89. The molecule has 0 N–H and O–H groups in total. The molecule has 0 saturated carbocycles. The van der Waals surface area contributed by atoms with Gasteiger partial charge in [-0.2, -0.15) is 0 Å². The number of benzene rings is 2. The van der Waals surface area contributed by atoms with Gasteiger partial charge >= 0.3 is 0 Å². The van der Waals surface area contributed by atoms with E-state index in [9.17, 15) is 0 Å². The van der Waals surface area contributed by atoms with Crippen molar-refractivity contribution in [2.24, 2.45) is 0 Å². The van der Waals surface area contributed by atoms with Crippen molar-refractivity contribution >= 4 is 66.3 Å². The van der Waals surface area contributed by atoms with Crippen molar-refractivity contribution in [3.63, 3.8) is 0 Å². The number of halogens is 5. The van der Waals surface area contributed by atoms with Crippen molar-refractivity contribution in [2.45, 2.75) is 25.7 Å². The summed E-state index contributed by atoms with van der Waals surface area (Å²) in [5, 5.41) is 1.03. The molecule has 124 valence electrons. The Labute approximate surface area is 162 Å². The summed E-state index contributed by atoms with van der Waals surface area (Å²) < 4.78 is 6.33. The first-order chi connectivity index (χ1) is 10.6. The van der Waals surface area contributed by atoms with Crippen LogP contribution in [0.25, 0.3) is 0 Å². The van der Waals surface area contributed by atoms with Gasteiger partial charge < -0.3 is 4.43 Å². The highest BCUT2D eigenvalue weighted by Crippen LogP contribution is 2.48. The molecular weight excluding hydrogens is 414 g/mol. The van der Waals surface area contributed by atoms with Gasteiger partial charge in [-0.25, -0.2) is 0 Å². The predicted molar refractivity (Wildman–Crippen MR) is 104 cm³/mol. The average molecular weight is 429 g/mol. The monoisotopic (exact) mass is 426 g/mol. The average Bonchev–Trinajstić information content (AvgIpc) is 2.50. The van der Waals surface area contributed by atoms with Crippen LogP contribution in [0.15, 0.2) is 30.3 Å². The van der Waals surface area contributed by atoms with Crippen LogP contribution in [-0.4, -0.2) is 8.32 Å². The Balaban J connectivity index is 2.70. The van der Waals surface area contributed by atoms with E-state index in [4.69, 9.17) is 62.4 Å². The highest BCUT2D eigenvalue weighted by molar-refractivity contribution is 6.69. The summed E-state index contributed by atoms with van der Waals surface area (Å²) in [6.07, 6.45) is -0.463. The van der Waals surface area contributed by atoms with E-state index in [0.29, 0.717) is 5.56 Å². The maximum atomic E-state index is 6.43. The van der Waals surface area contributed by atoms with Crippen LogP contribution in [0.4, 0.5) is 0 Å². The summed E-state index contributed by atoms with van der Waals surface area (Å²) in [4.78, 5) is 0. The second kappa shape index (κ2) is 7.53. The van der Waals surface area contributed by atoms with Gasteiger partial charge in [-0.15, -0.1) is 0 Å². The topological polar surface area (TPSA) is 9.23 Å². The zero-order chi connectivity index (χ0) is 17.4. The van der Waals surface area contributed by atoms with Gasteiger partial charge in [0.25, 0.3) is 0 Å². The van der Waals surface area contributed by atoms with E-state index < -0.39 is 14.4 Å². The molecule has 2 aromatic rings. The van der Waals surface area contributed by atoms with Crippen LogP contribution in [0.1, 0.15) is 17.2 Å². The smallest absolute Gasteiger partial charge is 0.185 e. The van der Waals surface area contributed by atoms with Crippen LogP contribution in [-0.2, 0) is 4.43 Å². The van der Waals surface area contributed by atoms with Crippen molar-refractivity contribution in [1.29, 1.82) is 0 Å². The summed E-state index contributed by atoms with van der Waals surface area (Å²) in [6.45, 7) is 6.26. The molecule has 0 heterocycles. The molecule has 0 unspecified atom stereocenters. The fraction of sp³-hybridized carbons (Fsp3) is 0.250. The summed E-state index contributed by atoms with van der Waals surface area (Å²) in [6, 6.07) is 9.69. The quantitative estimate of drug-likeness (QED) is 0.273. The number of hydrogen-bond donors (Lipinski definition) is 0. The lowest BCUT2D eigenvalue weighted by molar-refractivity contribution is 0.240. The molecule has 0 aliphatic heterocycles. The van der Waals surface area contributed by atoms with E-state index >= 15 is 0 Å². The Bertz CT molecular complexity index is 684. The molecule has 0 aliphatic rings. The third-order valence-electron chi connectivity index (χ3n) is 3.08. The van der Waals surface area contributed by atoms with Crippen molar-refractivity contribution in [3.8, 4) is 0 Å². The zero-order valence-electron chi connectivity index (χ0n) is 12.8. The van der Waals surface area contributed by atoms with E-state index in [1.807, 2.05) is 30.3 Å². The van der Waals surface area contributed by atoms with Gasteiger partial charge in [-0.05, 0) is 25.2 Å². The van der Waals surface area contributed by atoms with Crippen LogP contribution in [0.3, 0.4) is 0 Å². The molecule has 7 heteroatoms. The molecule has 0 fully saturated rings. The van der Waals surface area contributed by atoms with Crippen molar-refractivity contribution in [2.75, 3.05) is 0 Å². The third kappa shape index (κ3) is 4.38.